The van der Waals surface area contributed by atoms with Crippen LogP contribution in [-0.4, -0.2) is 42.7 Å². The van der Waals surface area contributed by atoms with Gasteiger partial charge in [0, 0.05) is 36.9 Å². The Morgan fingerprint density at radius 2 is 2.15 bits per heavy atom. The van der Waals surface area contributed by atoms with Crippen molar-refractivity contribution in [3.63, 3.8) is 0 Å². The lowest BCUT2D eigenvalue weighted by Crippen LogP contribution is -2.38. The molecule has 3 aromatic rings. The molecule has 1 aliphatic heterocycles. The maximum atomic E-state index is 12.6. The number of hydrogen-bond acceptors (Lipinski definition) is 5. The lowest BCUT2D eigenvalue weighted by molar-refractivity contribution is 0.0913. The molecule has 1 saturated heterocycles. The molecule has 0 saturated carbocycles. The summed E-state index contributed by atoms with van der Waals surface area (Å²) in [7, 11) is -3.60. The number of fused-ring (bicyclic) bond motifs is 1. The van der Waals surface area contributed by atoms with Crippen LogP contribution >= 0.6 is 0 Å². The van der Waals surface area contributed by atoms with Gasteiger partial charge in [-0.15, -0.1) is 0 Å². The van der Waals surface area contributed by atoms with Gasteiger partial charge in [-0.3, -0.25) is 9.78 Å². The zero-order valence-electron chi connectivity index (χ0n) is 14.8. The van der Waals surface area contributed by atoms with Crippen molar-refractivity contribution in [1.82, 2.24) is 14.6 Å². The van der Waals surface area contributed by atoms with Crippen LogP contribution in [0.25, 0.3) is 11.0 Å². The second kappa shape index (κ2) is 6.79. The number of hydrogen-bond donors (Lipinski definition) is 1. The SMILES string of the molecule is Cc1ccc2oc(C(=O)N[C@@H]3CCN(S(=O)(=O)c4cccnc4)C3)cc2c1. The number of carbonyl (C=O) groups is 1. The Balaban J connectivity index is 1.45. The largest absolute Gasteiger partial charge is 0.451 e. The van der Waals surface area contributed by atoms with E-state index in [2.05, 4.69) is 10.3 Å². The molecule has 1 atom stereocenters. The lowest BCUT2D eigenvalue weighted by Gasteiger charge is -2.16. The van der Waals surface area contributed by atoms with Gasteiger partial charge in [-0.25, -0.2) is 8.42 Å². The molecule has 27 heavy (non-hydrogen) atoms. The summed E-state index contributed by atoms with van der Waals surface area (Å²) < 4.78 is 32.3. The number of nitrogens with zero attached hydrogens (tertiary/aromatic N) is 2. The van der Waals surface area contributed by atoms with Gasteiger partial charge in [-0.05, 0) is 43.7 Å². The molecule has 3 heterocycles. The molecule has 1 N–H and O–H groups in total. The molecule has 8 heteroatoms. The van der Waals surface area contributed by atoms with E-state index in [4.69, 9.17) is 4.42 Å². The number of aromatic nitrogens is 1. The van der Waals surface area contributed by atoms with Crippen molar-refractivity contribution in [3.8, 4) is 0 Å². The van der Waals surface area contributed by atoms with Crippen molar-refractivity contribution < 1.29 is 17.6 Å². The molecule has 0 unspecified atom stereocenters. The number of benzene rings is 1. The molecule has 0 bridgehead atoms. The average Bonchev–Trinajstić information content (AvgIpc) is 3.29. The van der Waals surface area contributed by atoms with Gasteiger partial charge >= 0.3 is 0 Å². The average molecular weight is 385 g/mol. The summed E-state index contributed by atoms with van der Waals surface area (Å²) >= 11 is 0. The fourth-order valence-corrected chi connectivity index (χ4v) is 4.71. The van der Waals surface area contributed by atoms with E-state index in [1.807, 2.05) is 25.1 Å². The second-order valence-electron chi connectivity index (χ2n) is 6.66. The summed E-state index contributed by atoms with van der Waals surface area (Å²) in [5.41, 5.74) is 1.74. The first kappa shape index (κ1) is 17.7. The van der Waals surface area contributed by atoms with Crippen molar-refractivity contribution in [1.29, 1.82) is 0 Å². The van der Waals surface area contributed by atoms with Gasteiger partial charge in [-0.1, -0.05) is 11.6 Å². The van der Waals surface area contributed by atoms with Crippen LogP contribution < -0.4 is 5.32 Å². The maximum Gasteiger partial charge on any atom is 0.287 e. The number of furan rings is 1. The van der Waals surface area contributed by atoms with Crippen molar-refractivity contribution in [2.24, 2.45) is 0 Å². The van der Waals surface area contributed by atoms with E-state index in [-0.39, 0.29) is 29.1 Å². The molecule has 1 aromatic carbocycles. The van der Waals surface area contributed by atoms with Crippen LogP contribution in [0.15, 0.2) is 58.1 Å². The van der Waals surface area contributed by atoms with Crippen LogP contribution in [0.4, 0.5) is 0 Å². The van der Waals surface area contributed by atoms with Crippen LogP contribution in [0.3, 0.4) is 0 Å². The predicted octanol–water partition coefficient (Wildman–Crippen LogP) is 2.33. The highest BCUT2D eigenvalue weighted by Gasteiger charge is 2.33. The van der Waals surface area contributed by atoms with Gasteiger partial charge in [0.15, 0.2) is 5.76 Å². The molecule has 0 aliphatic carbocycles. The lowest BCUT2D eigenvalue weighted by atomic mass is 10.2. The summed E-state index contributed by atoms with van der Waals surface area (Å²) in [4.78, 5) is 16.5. The minimum atomic E-state index is -3.60. The molecule has 1 fully saturated rings. The predicted molar refractivity (Wildman–Crippen MR) is 99.8 cm³/mol. The van der Waals surface area contributed by atoms with Crippen LogP contribution in [-0.2, 0) is 10.0 Å². The molecule has 2 aromatic heterocycles. The van der Waals surface area contributed by atoms with Gasteiger partial charge in [0.05, 0.1) is 0 Å². The monoisotopic (exact) mass is 385 g/mol. The highest BCUT2D eigenvalue weighted by Crippen LogP contribution is 2.23. The maximum absolute atomic E-state index is 12.6. The third kappa shape index (κ3) is 3.45. The smallest absolute Gasteiger partial charge is 0.287 e. The number of amides is 1. The third-order valence-electron chi connectivity index (χ3n) is 4.65. The van der Waals surface area contributed by atoms with Crippen molar-refractivity contribution >= 4 is 26.9 Å². The van der Waals surface area contributed by atoms with E-state index in [1.165, 1.54) is 22.8 Å². The fourth-order valence-electron chi connectivity index (χ4n) is 3.24. The Hall–Kier alpha value is -2.71. The molecular formula is C19H19N3O4S. The van der Waals surface area contributed by atoms with E-state index in [0.29, 0.717) is 18.5 Å². The first-order valence-corrected chi connectivity index (χ1v) is 10.1. The molecule has 7 nitrogen and oxygen atoms in total. The summed E-state index contributed by atoms with van der Waals surface area (Å²) in [6.07, 6.45) is 3.41. The number of aryl methyl sites for hydroxylation is 1. The van der Waals surface area contributed by atoms with Crippen molar-refractivity contribution in [2.75, 3.05) is 13.1 Å². The topological polar surface area (TPSA) is 92.5 Å². The van der Waals surface area contributed by atoms with Crippen LogP contribution in [0, 0.1) is 6.92 Å². The normalized spacial score (nSPS) is 18.0. The summed E-state index contributed by atoms with van der Waals surface area (Å²) in [5, 5.41) is 3.74. The Morgan fingerprint density at radius 3 is 2.93 bits per heavy atom. The van der Waals surface area contributed by atoms with E-state index in [0.717, 1.165) is 10.9 Å². The zero-order valence-corrected chi connectivity index (χ0v) is 15.6. The Bertz CT molecular complexity index is 1090. The van der Waals surface area contributed by atoms with Crippen molar-refractivity contribution in [3.05, 3.63) is 60.1 Å². The summed E-state index contributed by atoms with van der Waals surface area (Å²) in [6.45, 7) is 2.55. The highest BCUT2D eigenvalue weighted by molar-refractivity contribution is 7.89. The Kier molecular flexibility index (Phi) is 4.45. The van der Waals surface area contributed by atoms with E-state index in [1.54, 1.807) is 12.1 Å². The number of sulfonamides is 1. The fraction of sp³-hybridized carbons (Fsp3) is 0.263. The van der Waals surface area contributed by atoms with Crippen LogP contribution in [0.5, 0.6) is 0 Å². The van der Waals surface area contributed by atoms with E-state index in [9.17, 15) is 13.2 Å². The van der Waals surface area contributed by atoms with Gasteiger partial charge in [0.2, 0.25) is 10.0 Å². The second-order valence-corrected chi connectivity index (χ2v) is 8.60. The first-order chi connectivity index (χ1) is 12.9. The first-order valence-electron chi connectivity index (χ1n) is 8.65. The van der Waals surface area contributed by atoms with Gasteiger partial charge in [0.1, 0.15) is 10.5 Å². The van der Waals surface area contributed by atoms with Gasteiger partial charge < -0.3 is 9.73 Å². The van der Waals surface area contributed by atoms with Gasteiger partial charge in [0.25, 0.3) is 5.91 Å². The minimum Gasteiger partial charge on any atom is -0.451 e. The summed E-state index contributed by atoms with van der Waals surface area (Å²) in [6, 6.07) is 10.3. The number of carbonyl (C=O) groups excluding carboxylic acids is 1. The van der Waals surface area contributed by atoms with Crippen molar-refractivity contribution in [2.45, 2.75) is 24.3 Å². The summed E-state index contributed by atoms with van der Waals surface area (Å²) in [5.74, 6) is -0.112. The Labute approximate surface area is 157 Å². The van der Waals surface area contributed by atoms with Crippen LogP contribution in [0.2, 0.25) is 0 Å². The molecule has 140 valence electrons. The molecule has 1 amide bonds. The zero-order chi connectivity index (χ0) is 19.0. The van der Waals surface area contributed by atoms with Crippen LogP contribution in [0.1, 0.15) is 22.5 Å². The molecule has 0 radical (unpaired) electrons. The number of pyridine rings is 1. The molecular weight excluding hydrogens is 366 g/mol. The standard InChI is InChI=1S/C19H19N3O4S/c1-13-4-5-17-14(9-13)10-18(26-17)19(23)21-15-6-8-22(12-15)27(24,25)16-3-2-7-20-11-16/h2-5,7,9-11,15H,6,8,12H2,1H3,(H,21,23)/t15-/m1/s1. The molecule has 1 aliphatic rings. The highest BCUT2D eigenvalue weighted by atomic mass is 32.2. The van der Waals surface area contributed by atoms with Gasteiger partial charge in [-0.2, -0.15) is 4.31 Å². The third-order valence-corrected chi connectivity index (χ3v) is 6.50. The molecule has 4 rings (SSSR count). The van der Waals surface area contributed by atoms with E-state index >= 15 is 0 Å². The number of rotatable bonds is 4. The van der Waals surface area contributed by atoms with E-state index < -0.39 is 10.0 Å². The quantitative estimate of drug-likeness (QED) is 0.744. The molecule has 0 spiro atoms. The Morgan fingerprint density at radius 1 is 1.30 bits per heavy atom. The number of nitrogens with one attached hydrogen (secondary N) is 1. The minimum absolute atomic E-state index is 0.157.